The van der Waals surface area contributed by atoms with Gasteiger partial charge in [0.1, 0.15) is 0 Å². The number of rotatable bonds is 4. The van der Waals surface area contributed by atoms with Gasteiger partial charge in [-0.2, -0.15) is 5.26 Å². The summed E-state index contributed by atoms with van der Waals surface area (Å²) in [5, 5.41) is 8.45. The molecule has 0 rings (SSSR count). The van der Waals surface area contributed by atoms with Crippen LogP contribution in [0.2, 0.25) is 0 Å². The molecule has 0 aliphatic carbocycles. The smallest absolute Gasteiger partial charge is 0.0636 e. The molecule has 0 aliphatic rings. The summed E-state index contributed by atoms with van der Waals surface area (Å²) in [5.41, 5.74) is 1.31. The second-order valence-corrected chi connectivity index (χ2v) is 4.07. The van der Waals surface area contributed by atoms with Crippen LogP contribution in [-0.4, -0.2) is 3.92 Å². The summed E-state index contributed by atoms with van der Waals surface area (Å²) in [6.45, 7) is 4.14. The van der Waals surface area contributed by atoms with Crippen LogP contribution in [0.15, 0.2) is 23.8 Å². The van der Waals surface area contributed by atoms with Crippen molar-refractivity contribution in [2.75, 3.05) is 0 Å². The van der Waals surface area contributed by atoms with Crippen molar-refractivity contribution in [3.05, 3.63) is 23.8 Å². The van der Waals surface area contributed by atoms with Crippen molar-refractivity contribution in [2.24, 2.45) is 0 Å². The zero-order chi connectivity index (χ0) is 9.40. The third-order valence-electron chi connectivity index (χ3n) is 1.47. The molecule has 1 nitrogen and oxygen atoms in total. The molecular weight excluding hydrogens is 261 g/mol. The van der Waals surface area contributed by atoms with Crippen molar-refractivity contribution in [1.29, 1.82) is 5.26 Å². The van der Waals surface area contributed by atoms with E-state index in [4.69, 9.17) is 5.26 Å². The van der Waals surface area contributed by atoms with Crippen molar-refractivity contribution in [1.82, 2.24) is 0 Å². The number of allylic oxidation sites excluding steroid dienone is 4. The fourth-order valence-corrected chi connectivity index (χ4v) is 1.54. The van der Waals surface area contributed by atoms with Gasteiger partial charge in [-0.3, -0.25) is 0 Å². The normalized spacial score (nSPS) is 14.7. The number of alkyl halides is 1. The zero-order valence-corrected chi connectivity index (χ0v) is 9.71. The van der Waals surface area contributed by atoms with E-state index in [9.17, 15) is 0 Å². The Morgan fingerprint density at radius 3 is 2.75 bits per heavy atom. The molecule has 0 amide bonds. The summed E-state index contributed by atoms with van der Waals surface area (Å²) >= 11 is 2.29. The molecule has 12 heavy (non-hydrogen) atoms. The Morgan fingerprint density at radius 1 is 1.67 bits per heavy atom. The van der Waals surface area contributed by atoms with Gasteiger partial charge in [0.25, 0.3) is 0 Å². The molecule has 0 N–H and O–H groups in total. The van der Waals surface area contributed by atoms with E-state index in [1.807, 2.05) is 13.0 Å². The van der Waals surface area contributed by atoms with Crippen LogP contribution in [-0.2, 0) is 0 Å². The average molecular weight is 275 g/mol. The van der Waals surface area contributed by atoms with E-state index in [-0.39, 0.29) is 0 Å². The molecule has 66 valence electrons. The summed E-state index contributed by atoms with van der Waals surface area (Å²) in [5.74, 6) is 0. The molecule has 0 aromatic carbocycles. The van der Waals surface area contributed by atoms with E-state index in [1.165, 1.54) is 5.57 Å². The highest BCUT2D eigenvalue weighted by molar-refractivity contribution is 14.1. The Labute approximate surface area is 88.3 Å². The fourth-order valence-electron chi connectivity index (χ4n) is 0.884. The third kappa shape index (κ3) is 5.36. The van der Waals surface area contributed by atoms with E-state index in [1.54, 1.807) is 0 Å². The molecule has 0 aromatic rings. The maximum atomic E-state index is 8.45. The van der Waals surface area contributed by atoms with Gasteiger partial charge in [-0.1, -0.05) is 53.3 Å². The Balaban J connectivity index is 4.18. The highest BCUT2D eigenvalue weighted by atomic mass is 127. The maximum absolute atomic E-state index is 8.45. The minimum absolute atomic E-state index is 0.346. The van der Waals surface area contributed by atoms with E-state index < -0.39 is 0 Å². The first-order valence-corrected chi connectivity index (χ1v) is 5.33. The van der Waals surface area contributed by atoms with Crippen LogP contribution in [0.4, 0.5) is 0 Å². The molecule has 0 fully saturated rings. The third-order valence-corrected chi connectivity index (χ3v) is 2.27. The van der Waals surface area contributed by atoms with Crippen molar-refractivity contribution in [2.45, 2.75) is 30.6 Å². The lowest BCUT2D eigenvalue weighted by molar-refractivity contribution is 1.06. The lowest BCUT2D eigenvalue weighted by Gasteiger charge is -2.00. The fraction of sp³-hybridized carbons (Fsp3) is 0.500. The van der Waals surface area contributed by atoms with Gasteiger partial charge < -0.3 is 0 Å². The molecule has 0 saturated carbocycles. The largest absolute Gasteiger partial charge is 0.198 e. The van der Waals surface area contributed by atoms with Crippen LogP contribution in [0, 0.1) is 11.3 Å². The Bertz CT molecular complexity index is 210. The monoisotopic (exact) mass is 275 g/mol. The second kappa shape index (κ2) is 7.35. The standard InChI is InChI=1S/C10H14IN/c1-3-5-9(4-2)8-10(11)6-7-12/h3,5,8,10H,4,6H2,1-2H3/b5-3-,9-8-. The molecule has 1 unspecified atom stereocenters. The van der Waals surface area contributed by atoms with Gasteiger partial charge in [-0.05, 0) is 13.3 Å². The molecule has 2 heteroatoms. The predicted molar refractivity (Wildman–Crippen MR) is 61.2 cm³/mol. The molecule has 0 radical (unpaired) electrons. The molecule has 0 bridgehead atoms. The Kier molecular flexibility index (Phi) is 7.17. The van der Waals surface area contributed by atoms with Gasteiger partial charge in [0, 0.05) is 3.92 Å². The van der Waals surface area contributed by atoms with Crippen molar-refractivity contribution in [3.63, 3.8) is 0 Å². The van der Waals surface area contributed by atoms with Crippen LogP contribution in [0.1, 0.15) is 26.7 Å². The van der Waals surface area contributed by atoms with E-state index in [2.05, 4.69) is 47.7 Å². The average Bonchev–Trinajstić information content (AvgIpc) is 2.04. The summed E-state index contributed by atoms with van der Waals surface area (Å²) in [4.78, 5) is 0. The number of hydrogen-bond acceptors (Lipinski definition) is 1. The first-order chi connectivity index (χ1) is 5.74. The highest BCUT2D eigenvalue weighted by Gasteiger charge is 1.98. The summed E-state index contributed by atoms with van der Waals surface area (Å²) < 4.78 is 0.346. The van der Waals surface area contributed by atoms with E-state index >= 15 is 0 Å². The van der Waals surface area contributed by atoms with E-state index in [0.717, 1.165) is 6.42 Å². The Hall–Kier alpha value is -0.300. The SMILES string of the molecule is C/C=C\C(=C/C(I)CC#N)CC. The Morgan fingerprint density at radius 2 is 2.33 bits per heavy atom. The molecule has 0 saturated heterocycles. The number of hydrogen-bond donors (Lipinski definition) is 0. The molecule has 0 heterocycles. The molecule has 0 aliphatic heterocycles. The van der Waals surface area contributed by atoms with Gasteiger partial charge >= 0.3 is 0 Å². The highest BCUT2D eigenvalue weighted by Crippen LogP contribution is 2.12. The first-order valence-electron chi connectivity index (χ1n) is 4.09. The number of nitriles is 1. The summed E-state index contributed by atoms with van der Waals surface area (Å²) in [6.07, 6.45) is 7.93. The second-order valence-electron chi connectivity index (χ2n) is 2.47. The van der Waals surface area contributed by atoms with Crippen LogP contribution in [0.5, 0.6) is 0 Å². The maximum Gasteiger partial charge on any atom is 0.0636 e. The quantitative estimate of drug-likeness (QED) is 0.437. The van der Waals surface area contributed by atoms with Crippen molar-refractivity contribution in [3.8, 4) is 6.07 Å². The van der Waals surface area contributed by atoms with Gasteiger partial charge in [-0.25, -0.2) is 0 Å². The van der Waals surface area contributed by atoms with Crippen LogP contribution < -0.4 is 0 Å². The molecular formula is C10H14IN. The molecule has 0 spiro atoms. The van der Waals surface area contributed by atoms with Gasteiger partial charge in [-0.15, -0.1) is 0 Å². The lowest BCUT2D eigenvalue weighted by atomic mass is 10.1. The van der Waals surface area contributed by atoms with Crippen LogP contribution in [0.25, 0.3) is 0 Å². The van der Waals surface area contributed by atoms with Crippen molar-refractivity contribution < 1.29 is 0 Å². The molecule has 1 atom stereocenters. The lowest BCUT2D eigenvalue weighted by Crippen LogP contribution is -1.91. The van der Waals surface area contributed by atoms with Crippen LogP contribution in [0.3, 0.4) is 0 Å². The minimum Gasteiger partial charge on any atom is -0.198 e. The molecule has 0 aromatic heterocycles. The summed E-state index contributed by atoms with van der Waals surface area (Å²) in [6, 6.07) is 2.16. The van der Waals surface area contributed by atoms with Crippen LogP contribution >= 0.6 is 22.6 Å². The number of nitrogens with zero attached hydrogens (tertiary/aromatic N) is 1. The van der Waals surface area contributed by atoms with Gasteiger partial charge in [0.15, 0.2) is 0 Å². The first kappa shape index (κ1) is 11.7. The van der Waals surface area contributed by atoms with E-state index in [0.29, 0.717) is 10.3 Å². The number of halogens is 1. The predicted octanol–water partition coefficient (Wildman–Crippen LogP) is 3.62. The van der Waals surface area contributed by atoms with Crippen molar-refractivity contribution >= 4 is 22.6 Å². The topological polar surface area (TPSA) is 23.8 Å². The minimum atomic E-state index is 0.346. The summed E-state index contributed by atoms with van der Waals surface area (Å²) in [7, 11) is 0. The van der Waals surface area contributed by atoms with Gasteiger partial charge in [0.05, 0.1) is 12.5 Å². The van der Waals surface area contributed by atoms with Gasteiger partial charge in [0.2, 0.25) is 0 Å². The zero-order valence-electron chi connectivity index (χ0n) is 7.55.